The number of hydrogen-bond donors (Lipinski definition) is 2. The standard InChI is InChI=1S/C18H18N2O5/c1-18(17(22)20-14-6-4-5-7-15(14)25-18)16(21)19-11-8-12(23-2)10-13(9-11)24-3/h4-10H,1-3H3,(H,19,21)(H,20,22). The lowest BCUT2D eigenvalue weighted by atomic mass is 10.0. The van der Waals surface area contributed by atoms with Crippen LogP contribution in [-0.2, 0) is 9.59 Å². The van der Waals surface area contributed by atoms with Gasteiger partial charge in [0, 0.05) is 23.9 Å². The van der Waals surface area contributed by atoms with Crippen molar-refractivity contribution in [2.75, 3.05) is 24.9 Å². The Morgan fingerprint density at radius 1 is 1.12 bits per heavy atom. The molecule has 7 heteroatoms. The summed E-state index contributed by atoms with van der Waals surface area (Å²) in [6.45, 7) is 1.42. The molecule has 0 aromatic heterocycles. The molecule has 1 heterocycles. The largest absolute Gasteiger partial charge is 0.497 e. The Labute approximate surface area is 144 Å². The maximum absolute atomic E-state index is 12.7. The Balaban J connectivity index is 1.87. The fourth-order valence-electron chi connectivity index (χ4n) is 2.45. The Morgan fingerprint density at radius 2 is 1.76 bits per heavy atom. The number of ether oxygens (including phenoxy) is 3. The molecule has 1 atom stereocenters. The number of rotatable bonds is 4. The first-order valence-electron chi connectivity index (χ1n) is 7.60. The third kappa shape index (κ3) is 3.08. The minimum absolute atomic E-state index is 0.428. The van der Waals surface area contributed by atoms with E-state index in [1.807, 2.05) is 0 Å². The zero-order valence-electron chi connectivity index (χ0n) is 14.1. The van der Waals surface area contributed by atoms with Gasteiger partial charge in [0.2, 0.25) is 0 Å². The molecule has 2 amide bonds. The lowest BCUT2D eigenvalue weighted by molar-refractivity contribution is -0.143. The lowest BCUT2D eigenvalue weighted by Gasteiger charge is -2.33. The summed E-state index contributed by atoms with van der Waals surface area (Å²) in [5.74, 6) is 0.315. The summed E-state index contributed by atoms with van der Waals surface area (Å²) in [4.78, 5) is 25.1. The van der Waals surface area contributed by atoms with Crippen molar-refractivity contribution in [3.8, 4) is 17.2 Å². The van der Waals surface area contributed by atoms with Crippen LogP contribution in [0.15, 0.2) is 42.5 Å². The van der Waals surface area contributed by atoms with Crippen molar-refractivity contribution < 1.29 is 23.8 Å². The van der Waals surface area contributed by atoms with E-state index >= 15 is 0 Å². The Hall–Kier alpha value is -3.22. The highest BCUT2D eigenvalue weighted by molar-refractivity contribution is 6.19. The molecule has 2 aromatic rings. The summed E-state index contributed by atoms with van der Waals surface area (Å²) in [6.07, 6.45) is 0. The first-order chi connectivity index (χ1) is 12.0. The van der Waals surface area contributed by atoms with E-state index in [1.165, 1.54) is 21.1 Å². The van der Waals surface area contributed by atoms with Gasteiger partial charge in [0.1, 0.15) is 17.2 Å². The van der Waals surface area contributed by atoms with E-state index in [0.29, 0.717) is 28.6 Å². The fraction of sp³-hybridized carbons (Fsp3) is 0.222. The van der Waals surface area contributed by atoms with Crippen molar-refractivity contribution in [3.05, 3.63) is 42.5 Å². The van der Waals surface area contributed by atoms with E-state index < -0.39 is 17.4 Å². The van der Waals surface area contributed by atoms with Crippen LogP contribution in [0.1, 0.15) is 6.92 Å². The van der Waals surface area contributed by atoms with Gasteiger partial charge in [-0.1, -0.05) is 12.1 Å². The second-order valence-corrected chi connectivity index (χ2v) is 5.64. The fourth-order valence-corrected chi connectivity index (χ4v) is 2.45. The molecular weight excluding hydrogens is 324 g/mol. The summed E-state index contributed by atoms with van der Waals surface area (Å²) < 4.78 is 16.0. The third-order valence-electron chi connectivity index (χ3n) is 3.93. The van der Waals surface area contributed by atoms with E-state index in [2.05, 4.69) is 10.6 Å². The Bertz CT molecular complexity index is 814. The van der Waals surface area contributed by atoms with Gasteiger partial charge in [-0.25, -0.2) is 0 Å². The van der Waals surface area contributed by atoms with Gasteiger partial charge in [0.25, 0.3) is 17.4 Å². The van der Waals surface area contributed by atoms with Crippen LogP contribution in [0, 0.1) is 0 Å². The molecule has 7 nitrogen and oxygen atoms in total. The summed E-state index contributed by atoms with van der Waals surface area (Å²) in [5, 5.41) is 5.37. The maximum Gasteiger partial charge on any atom is 0.278 e. The molecule has 2 N–H and O–H groups in total. The molecule has 0 saturated heterocycles. The van der Waals surface area contributed by atoms with Crippen molar-refractivity contribution in [1.29, 1.82) is 0 Å². The molecular formula is C18H18N2O5. The maximum atomic E-state index is 12.7. The summed E-state index contributed by atoms with van der Waals surface area (Å²) >= 11 is 0. The summed E-state index contributed by atoms with van der Waals surface area (Å²) in [7, 11) is 3.02. The van der Waals surface area contributed by atoms with E-state index in [-0.39, 0.29) is 0 Å². The summed E-state index contributed by atoms with van der Waals surface area (Å²) in [6, 6.07) is 11.9. The average Bonchev–Trinajstić information content (AvgIpc) is 2.62. The number of benzene rings is 2. The normalized spacial score (nSPS) is 18.4. The van der Waals surface area contributed by atoms with Crippen molar-refractivity contribution in [3.63, 3.8) is 0 Å². The van der Waals surface area contributed by atoms with Crippen LogP contribution in [-0.4, -0.2) is 31.6 Å². The first kappa shape index (κ1) is 16.6. The van der Waals surface area contributed by atoms with Gasteiger partial charge in [0.15, 0.2) is 0 Å². The van der Waals surface area contributed by atoms with Crippen LogP contribution < -0.4 is 24.8 Å². The van der Waals surface area contributed by atoms with E-state index in [9.17, 15) is 9.59 Å². The van der Waals surface area contributed by atoms with Gasteiger partial charge < -0.3 is 24.8 Å². The first-order valence-corrected chi connectivity index (χ1v) is 7.60. The van der Waals surface area contributed by atoms with Crippen LogP contribution in [0.25, 0.3) is 0 Å². The molecule has 0 fully saturated rings. The Morgan fingerprint density at radius 3 is 2.40 bits per heavy atom. The zero-order chi connectivity index (χ0) is 18.0. The van der Waals surface area contributed by atoms with Crippen LogP contribution in [0.4, 0.5) is 11.4 Å². The number of methoxy groups -OCH3 is 2. The monoisotopic (exact) mass is 342 g/mol. The molecule has 130 valence electrons. The van der Waals surface area contributed by atoms with Crippen LogP contribution >= 0.6 is 0 Å². The minimum atomic E-state index is -1.70. The predicted molar refractivity (Wildman–Crippen MR) is 92.3 cm³/mol. The van der Waals surface area contributed by atoms with Crippen molar-refractivity contribution >= 4 is 23.2 Å². The number of hydrogen-bond acceptors (Lipinski definition) is 5. The van der Waals surface area contributed by atoms with Gasteiger partial charge in [-0.05, 0) is 19.1 Å². The van der Waals surface area contributed by atoms with Crippen molar-refractivity contribution in [2.45, 2.75) is 12.5 Å². The van der Waals surface area contributed by atoms with Crippen molar-refractivity contribution in [1.82, 2.24) is 0 Å². The van der Waals surface area contributed by atoms with Gasteiger partial charge in [-0.2, -0.15) is 0 Å². The van der Waals surface area contributed by atoms with Crippen LogP contribution in [0.2, 0.25) is 0 Å². The number of fused-ring (bicyclic) bond motifs is 1. The minimum Gasteiger partial charge on any atom is -0.497 e. The molecule has 1 aliphatic heterocycles. The van der Waals surface area contributed by atoms with Crippen LogP contribution in [0.3, 0.4) is 0 Å². The van der Waals surface area contributed by atoms with Gasteiger partial charge in [-0.3, -0.25) is 9.59 Å². The highest BCUT2D eigenvalue weighted by Crippen LogP contribution is 2.34. The van der Waals surface area contributed by atoms with Crippen LogP contribution in [0.5, 0.6) is 17.2 Å². The highest BCUT2D eigenvalue weighted by atomic mass is 16.5. The summed E-state index contributed by atoms with van der Waals surface area (Å²) in [5.41, 5.74) is -0.747. The van der Waals surface area contributed by atoms with Gasteiger partial charge in [0.05, 0.1) is 19.9 Å². The SMILES string of the molecule is COc1cc(NC(=O)C2(C)Oc3ccccc3NC2=O)cc(OC)c1. The van der Waals surface area contributed by atoms with Gasteiger partial charge >= 0.3 is 0 Å². The molecule has 0 bridgehead atoms. The number of nitrogens with one attached hydrogen (secondary N) is 2. The smallest absolute Gasteiger partial charge is 0.278 e. The number of carbonyl (C=O) groups excluding carboxylic acids is 2. The lowest BCUT2D eigenvalue weighted by Crippen LogP contribution is -2.56. The number of anilines is 2. The molecule has 0 saturated carbocycles. The average molecular weight is 342 g/mol. The van der Waals surface area contributed by atoms with Gasteiger partial charge in [-0.15, -0.1) is 0 Å². The number of amides is 2. The van der Waals surface area contributed by atoms with E-state index in [0.717, 1.165) is 0 Å². The quantitative estimate of drug-likeness (QED) is 0.834. The Kier molecular flexibility index (Phi) is 4.22. The molecule has 3 rings (SSSR count). The highest BCUT2D eigenvalue weighted by Gasteiger charge is 2.47. The molecule has 0 spiro atoms. The predicted octanol–water partition coefficient (Wildman–Crippen LogP) is 2.43. The molecule has 2 aromatic carbocycles. The molecule has 1 unspecified atom stereocenters. The number of para-hydroxylation sites is 2. The molecule has 25 heavy (non-hydrogen) atoms. The van der Waals surface area contributed by atoms with E-state index in [1.54, 1.807) is 42.5 Å². The second kappa shape index (κ2) is 6.35. The molecule has 0 radical (unpaired) electrons. The third-order valence-corrected chi connectivity index (χ3v) is 3.93. The second-order valence-electron chi connectivity index (χ2n) is 5.64. The molecule has 1 aliphatic rings. The number of carbonyl (C=O) groups is 2. The van der Waals surface area contributed by atoms with E-state index in [4.69, 9.17) is 14.2 Å². The topological polar surface area (TPSA) is 85.9 Å². The zero-order valence-corrected chi connectivity index (χ0v) is 14.1. The molecule has 0 aliphatic carbocycles. The van der Waals surface area contributed by atoms with Crippen molar-refractivity contribution in [2.24, 2.45) is 0 Å².